The highest BCUT2D eigenvalue weighted by Crippen LogP contribution is 2.26. The normalized spacial score (nSPS) is 22.8. The molecule has 1 aromatic carbocycles. The van der Waals surface area contributed by atoms with Gasteiger partial charge in [0.2, 0.25) is 11.8 Å². The summed E-state index contributed by atoms with van der Waals surface area (Å²) >= 11 is 0. The van der Waals surface area contributed by atoms with E-state index < -0.39 is 0 Å². The van der Waals surface area contributed by atoms with Gasteiger partial charge in [0.15, 0.2) is 0 Å². The molecule has 8 heteroatoms. The van der Waals surface area contributed by atoms with Crippen LogP contribution in [0.3, 0.4) is 0 Å². The molecule has 0 radical (unpaired) electrons. The quantitative estimate of drug-likeness (QED) is 0.546. The number of hydrogen-bond acceptors (Lipinski definition) is 6. The van der Waals surface area contributed by atoms with Crippen molar-refractivity contribution in [3.05, 3.63) is 59.9 Å². The third-order valence-corrected chi connectivity index (χ3v) is 6.27. The first-order valence-corrected chi connectivity index (χ1v) is 11.2. The van der Waals surface area contributed by atoms with Crippen LogP contribution in [0.25, 0.3) is 0 Å². The number of benzene rings is 1. The van der Waals surface area contributed by atoms with E-state index in [0.717, 1.165) is 36.4 Å². The predicted molar refractivity (Wildman–Crippen MR) is 121 cm³/mol. The number of carbonyl (C=O) groups is 2. The van der Waals surface area contributed by atoms with E-state index in [2.05, 4.69) is 25.8 Å². The Balaban J connectivity index is 1.24. The number of ether oxygens (including phenoxy) is 1. The standard InChI is InChI=1S/C24H31N5O3/c1-32-21-8-5-17(6-9-21)13-27-23(30)10-7-20-15-28-24(31)22-12-19(16-29(20)22)26-14-18-4-2-3-11-25-18/h2-6,8-9,11,19-20,22,26H,7,10,12-16H2,1H3,(H,27,30)(H,28,31)/t19-,20-,22+/m0/s1. The Hall–Kier alpha value is -2.97. The fraction of sp³-hybridized carbons (Fsp3) is 0.458. The van der Waals surface area contributed by atoms with E-state index in [-0.39, 0.29) is 29.9 Å². The van der Waals surface area contributed by atoms with Crippen LogP contribution in [-0.4, -0.2) is 60.0 Å². The lowest BCUT2D eigenvalue weighted by molar-refractivity contribution is -0.129. The fourth-order valence-corrected chi connectivity index (χ4v) is 4.47. The number of aromatic nitrogens is 1. The summed E-state index contributed by atoms with van der Waals surface area (Å²) in [5.74, 6) is 0.915. The first-order chi connectivity index (χ1) is 15.6. The predicted octanol–water partition coefficient (Wildman–Crippen LogP) is 1.22. The SMILES string of the molecule is COc1ccc(CNC(=O)CC[C@H]2CNC(=O)[C@H]3C[C@H](NCc4ccccn4)CN23)cc1. The summed E-state index contributed by atoms with van der Waals surface area (Å²) in [6, 6.07) is 13.8. The summed E-state index contributed by atoms with van der Waals surface area (Å²) < 4.78 is 5.16. The fourth-order valence-electron chi connectivity index (χ4n) is 4.47. The molecule has 8 nitrogen and oxygen atoms in total. The molecule has 2 saturated heterocycles. The van der Waals surface area contributed by atoms with Gasteiger partial charge in [-0.3, -0.25) is 19.5 Å². The highest BCUT2D eigenvalue weighted by Gasteiger charge is 2.43. The number of piperazine rings is 1. The van der Waals surface area contributed by atoms with Gasteiger partial charge in [-0.1, -0.05) is 18.2 Å². The molecule has 2 amide bonds. The first-order valence-electron chi connectivity index (χ1n) is 11.2. The number of fused-ring (bicyclic) bond motifs is 1. The average molecular weight is 438 g/mol. The van der Waals surface area contributed by atoms with Crippen LogP contribution in [-0.2, 0) is 22.7 Å². The van der Waals surface area contributed by atoms with Crippen LogP contribution < -0.4 is 20.7 Å². The molecule has 3 heterocycles. The zero-order valence-corrected chi connectivity index (χ0v) is 18.4. The molecule has 2 aliphatic heterocycles. The van der Waals surface area contributed by atoms with Gasteiger partial charge >= 0.3 is 0 Å². The number of pyridine rings is 1. The second-order valence-electron chi connectivity index (χ2n) is 8.41. The monoisotopic (exact) mass is 437 g/mol. The van der Waals surface area contributed by atoms with E-state index in [1.807, 2.05) is 42.5 Å². The zero-order chi connectivity index (χ0) is 22.3. The minimum absolute atomic E-state index is 0.0262. The Kier molecular flexibility index (Phi) is 7.34. The van der Waals surface area contributed by atoms with Crippen molar-refractivity contribution < 1.29 is 14.3 Å². The lowest BCUT2D eigenvalue weighted by atomic mass is 10.0. The number of nitrogens with zero attached hydrogens (tertiary/aromatic N) is 2. The van der Waals surface area contributed by atoms with Crippen LogP contribution in [0.2, 0.25) is 0 Å². The van der Waals surface area contributed by atoms with E-state index in [0.29, 0.717) is 26.1 Å². The number of amides is 2. The summed E-state index contributed by atoms with van der Waals surface area (Å²) in [5, 5.41) is 9.55. The Bertz CT molecular complexity index is 906. The highest BCUT2D eigenvalue weighted by molar-refractivity contribution is 5.83. The van der Waals surface area contributed by atoms with Gasteiger partial charge in [-0.25, -0.2) is 0 Å². The molecule has 0 unspecified atom stereocenters. The van der Waals surface area contributed by atoms with Crippen LogP contribution in [0.4, 0.5) is 0 Å². The van der Waals surface area contributed by atoms with Gasteiger partial charge in [0.25, 0.3) is 0 Å². The van der Waals surface area contributed by atoms with Crippen LogP contribution in [0.15, 0.2) is 48.7 Å². The summed E-state index contributed by atoms with van der Waals surface area (Å²) in [6.07, 6.45) is 3.72. The van der Waals surface area contributed by atoms with Gasteiger partial charge in [0.05, 0.1) is 18.8 Å². The molecular weight excluding hydrogens is 406 g/mol. The molecule has 0 spiro atoms. The lowest BCUT2D eigenvalue weighted by Gasteiger charge is -2.37. The second kappa shape index (κ2) is 10.6. The second-order valence-corrected chi connectivity index (χ2v) is 8.41. The maximum atomic E-state index is 12.4. The van der Waals surface area contributed by atoms with Crippen LogP contribution in [0.1, 0.15) is 30.5 Å². The van der Waals surface area contributed by atoms with E-state index in [1.165, 1.54) is 0 Å². The minimum atomic E-state index is -0.127. The van der Waals surface area contributed by atoms with Crippen molar-refractivity contribution in [2.45, 2.75) is 50.5 Å². The number of carbonyl (C=O) groups excluding carboxylic acids is 2. The Morgan fingerprint density at radius 1 is 1.22 bits per heavy atom. The van der Waals surface area contributed by atoms with Gasteiger partial charge in [-0.15, -0.1) is 0 Å². The highest BCUT2D eigenvalue weighted by atomic mass is 16.5. The number of rotatable bonds is 9. The molecule has 3 N–H and O–H groups in total. The Morgan fingerprint density at radius 2 is 2.06 bits per heavy atom. The van der Waals surface area contributed by atoms with Crippen molar-refractivity contribution in [3.63, 3.8) is 0 Å². The molecule has 4 rings (SSSR count). The molecule has 32 heavy (non-hydrogen) atoms. The summed E-state index contributed by atoms with van der Waals surface area (Å²) in [4.78, 5) is 31.4. The number of hydrogen-bond donors (Lipinski definition) is 3. The average Bonchev–Trinajstić information content (AvgIpc) is 3.27. The molecule has 0 saturated carbocycles. The molecule has 2 fully saturated rings. The summed E-state index contributed by atoms with van der Waals surface area (Å²) in [6.45, 7) is 2.58. The zero-order valence-electron chi connectivity index (χ0n) is 18.4. The van der Waals surface area contributed by atoms with Gasteiger partial charge in [-0.05, 0) is 42.7 Å². The van der Waals surface area contributed by atoms with Crippen molar-refractivity contribution in [3.8, 4) is 5.75 Å². The summed E-state index contributed by atoms with van der Waals surface area (Å²) in [5.41, 5.74) is 2.03. The maximum absolute atomic E-state index is 12.4. The van der Waals surface area contributed by atoms with E-state index in [1.54, 1.807) is 13.3 Å². The maximum Gasteiger partial charge on any atom is 0.237 e. The molecule has 1 aromatic heterocycles. The van der Waals surface area contributed by atoms with Crippen molar-refractivity contribution in [1.82, 2.24) is 25.8 Å². The smallest absolute Gasteiger partial charge is 0.237 e. The van der Waals surface area contributed by atoms with E-state index >= 15 is 0 Å². The summed E-state index contributed by atoms with van der Waals surface area (Å²) in [7, 11) is 1.63. The Morgan fingerprint density at radius 3 is 2.81 bits per heavy atom. The molecular formula is C24H31N5O3. The third kappa shape index (κ3) is 5.63. The molecule has 170 valence electrons. The lowest BCUT2D eigenvalue weighted by Crippen LogP contribution is -2.58. The van der Waals surface area contributed by atoms with Gasteiger partial charge in [0, 0.05) is 50.9 Å². The van der Waals surface area contributed by atoms with Crippen molar-refractivity contribution >= 4 is 11.8 Å². The topological polar surface area (TPSA) is 95.6 Å². The molecule has 2 aromatic rings. The molecule has 3 atom stereocenters. The molecule has 0 bridgehead atoms. The van der Waals surface area contributed by atoms with Crippen molar-refractivity contribution in [1.29, 1.82) is 0 Å². The van der Waals surface area contributed by atoms with Gasteiger partial charge in [0.1, 0.15) is 5.75 Å². The van der Waals surface area contributed by atoms with E-state index in [9.17, 15) is 9.59 Å². The minimum Gasteiger partial charge on any atom is -0.497 e. The molecule has 2 aliphatic rings. The van der Waals surface area contributed by atoms with E-state index in [4.69, 9.17) is 4.74 Å². The molecule has 0 aliphatic carbocycles. The number of methoxy groups -OCH3 is 1. The Labute approximate surface area is 188 Å². The first kappa shape index (κ1) is 22.2. The van der Waals surface area contributed by atoms with Crippen molar-refractivity contribution in [2.75, 3.05) is 20.2 Å². The van der Waals surface area contributed by atoms with Gasteiger partial charge < -0.3 is 20.7 Å². The largest absolute Gasteiger partial charge is 0.497 e. The third-order valence-electron chi connectivity index (χ3n) is 6.27. The van der Waals surface area contributed by atoms with Crippen LogP contribution in [0.5, 0.6) is 5.75 Å². The van der Waals surface area contributed by atoms with Crippen molar-refractivity contribution in [2.24, 2.45) is 0 Å². The number of nitrogens with one attached hydrogen (secondary N) is 3. The van der Waals surface area contributed by atoms with Gasteiger partial charge in [-0.2, -0.15) is 0 Å². The van der Waals surface area contributed by atoms with Crippen LogP contribution in [0, 0.1) is 0 Å². The van der Waals surface area contributed by atoms with Crippen LogP contribution >= 0.6 is 0 Å².